The molecule has 4 heterocycles. The van der Waals surface area contributed by atoms with Crippen LogP contribution in [-0.2, 0) is 20.1 Å². The van der Waals surface area contributed by atoms with Gasteiger partial charge in [-0.3, -0.25) is 0 Å². The van der Waals surface area contributed by atoms with Crippen molar-refractivity contribution in [3.05, 3.63) is 159 Å². The van der Waals surface area contributed by atoms with Gasteiger partial charge in [-0.25, -0.2) is 19.9 Å². The Bertz CT molecular complexity index is 1500. The van der Waals surface area contributed by atoms with Gasteiger partial charge in [0.05, 0.1) is 0 Å². The number of benzene rings is 4. The van der Waals surface area contributed by atoms with Crippen molar-refractivity contribution >= 4 is 46.0 Å². The minimum Gasteiger partial charge on any atom is -0.477 e. The zero-order valence-corrected chi connectivity index (χ0v) is 25.2. The van der Waals surface area contributed by atoms with E-state index in [0.717, 1.165) is 46.0 Å². The molecule has 9 heteroatoms. The Kier molecular flexibility index (Phi) is 8.35. The average molecular weight is 737 g/mol. The van der Waals surface area contributed by atoms with Crippen LogP contribution in [-0.4, -0.2) is 19.9 Å². The largest absolute Gasteiger partial charge is 0.477 e. The molecule has 0 saturated carbocycles. The Morgan fingerprint density at radius 3 is 1.12 bits per heavy atom. The average Bonchev–Trinajstić information content (AvgIpc) is 3.67. The fourth-order valence-electron chi connectivity index (χ4n) is 4.75. The van der Waals surface area contributed by atoms with Crippen molar-refractivity contribution in [1.82, 2.24) is 19.9 Å². The van der Waals surface area contributed by atoms with E-state index in [1.807, 2.05) is 142 Å². The molecule has 213 valence electrons. The Labute approximate surface area is 264 Å². The summed E-state index contributed by atoms with van der Waals surface area (Å²) in [7, 11) is 0. The van der Waals surface area contributed by atoms with E-state index in [9.17, 15) is 0 Å². The molecule has 43 heavy (non-hydrogen) atoms. The standard InChI is InChI=1S/2C17H12N4.Ir/c2*1-3-7-14(8-4-1)20-13-21(15-9-5-2-6-10-15)17-16(20)18-11-12-19-17;/h2*1-9,11-13H;/q2*-2;. The van der Waals surface area contributed by atoms with Gasteiger partial charge in [0.1, 0.15) is 23.3 Å². The molecule has 8 nitrogen and oxygen atoms in total. The molecular weight excluding hydrogens is 713 g/mol. The molecule has 0 bridgehead atoms. The molecule has 2 aromatic heterocycles. The second kappa shape index (κ2) is 12.8. The van der Waals surface area contributed by atoms with Gasteiger partial charge in [-0.15, -0.1) is 24.7 Å². The predicted octanol–water partition coefficient (Wildman–Crippen LogP) is 7.37. The quantitative estimate of drug-likeness (QED) is 0.174. The maximum atomic E-state index is 4.47. The number of nitrogens with zero attached hydrogens (tertiary/aromatic N) is 8. The second-order valence-electron chi connectivity index (χ2n) is 9.28. The maximum Gasteiger partial charge on any atom is 0.145 e. The van der Waals surface area contributed by atoms with Crippen LogP contribution in [0.4, 0.5) is 46.0 Å². The van der Waals surface area contributed by atoms with Crippen LogP contribution < -0.4 is 19.6 Å². The Hall–Kier alpha value is -5.11. The molecule has 0 amide bonds. The van der Waals surface area contributed by atoms with Crippen molar-refractivity contribution in [3.63, 3.8) is 0 Å². The van der Waals surface area contributed by atoms with Crippen molar-refractivity contribution in [2.75, 3.05) is 19.6 Å². The van der Waals surface area contributed by atoms with E-state index in [1.165, 1.54) is 0 Å². The smallest absolute Gasteiger partial charge is 0.145 e. The van der Waals surface area contributed by atoms with E-state index in [1.54, 1.807) is 24.8 Å². The molecule has 0 N–H and O–H groups in total. The van der Waals surface area contributed by atoms with Gasteiger partial charge in [0.2, 0.25) is 0 Å². The van der Waals surface area contributed by atoms with Crippen LogP contribution in [0.1, 0.15) is 0 Å². The molecule has 1 radical (unpaired) electrons. The molecule has 0 unspecified atom stereocenters. The van der Waals surface area contributed by atoms with Gasteiger partial charge in [0, 0.05) is 56.3 Å². The number of anilines is 8. The van der Waals surface area contributed by atoms with Crippen LogP contribution >= 0.6 is 0 Å². The summed E-state index contributed by atoms with van der Waals surface area (Å²) in [6, 6.07) is 42.4. The third-order valence-electron chi connectivity index (χ3n) is 6.67. The monoisotopic (exact) mass is 737 g/mol. The van der Waals surface area contributed by atoms with E-state index < -0.39 is 0 Å². The molecule has 4 aromatic carbocycles. The van der Waals surface area contributed by atoms with Crippen molar-refractivity contribution in [1.29, 1.82) is 0 Å². The predicted molar refractivity (Wildman–Crippen MR) is 165 cm³/mol. The molecule has 0 spiro atoms. The van der Waals surface area contributed by atoms with E-state index in [4.69, 9.17) is 0 Å². The molecule has 6 aromatic rings. The maximum absolute atomic E-state index is 4.47. The van der Waals surface area contributed by atoms with E-state index in [-0.39, 0.29) is 20.1 Å². The van der Waals surface area contributed by atoms with Gasteiger partial charge in [-0.1, -0.05) is 36.4 Å². The third-order valence-corrected chi connectivity index (χ3v) is 6.67. The van der Waals surface area contributed by atoms with Crippen molar-refractivity contribution < 1.29 is 20.1 Å². The number of para-hydroxylation sites is 4. The first-order chi connectivity index (χ1) is 20.9. The fourth-order valence-corrected chi connectivity index (χ4v) is 4.75. The summed E-state index contributed by atoms with van der Waals surface area (Å²) in [5, 5.41) is 0. The van der Waals surface area contributed by atoms with Crippen molar-refractivity contribution in [2.24, 2.45) is 0 Å². The summed E-state index contributed by atoms with van der Waals surface area (Å²) in [5.41, 5.74) is 3.99. The summed E-state index contributed by atoms with van der Waals surface area (Å²) < 4.78 is 0. The Balaban J connectivity index is 0.000000150. The summed E-state index contributed by atoms with van der Waals surface area (Å²) in [5.74, 6) is 3.26. The number of hydrogen-bond donors (Lipinski definition) is 0. The fraction of sp³-hybridized carbons (Fsp3) is 0. The second-order valence-corrected chi connectivity index (χ2v) is 9.28. The molecule has 0 fully saturated rings. The Morgan fingerprint density at radius 2 is 0.767 bits per heavy atom. The third kappa shape index (κ3) is 5.68. The molecule has 8 rings (SSSR count). The van der Waals surface area contributed by atoms with Crippen LogP contribution in [0.5, 0.6) is 0 Å². The first-order valence-corrected chi connectivity index (χ1v) is 13.4. The van der Waals surface area contributed by atoms with Crippen LogP contribution in [0.25, 0.3) is 0 Å². The minimum absolute atomic E-state index is 0. The zero-order chi connectivity index (χ0) is 28.1. The van der Waals surface area contributed by atoms with Gasteiger partial charge < -0.3 is 19.6 Å². The van der Waals surface area contributed by atoms with Gasteiger partial charge in [0.25, 0.3) is 0 Å². The summed E-state index contributed by atoms with van der Waals surface area (Å²) >= 11 is 0. The van der Waals surface area contributed by atoms with Gasteiger partial charge in [0.15, 0.2) is 0 Å². The van der Waals surface area contributed by atoms with Gasteiger partial charge >= 0.3 is 0 Å². The number of hydrogen-bond acceptors (Lipinski definition) is 8. The SMILES string of the molecule is [Ir].[c-]1ccccc1N1[CH-]N(c2ccccc2)c2nccnc21.[c-]1ccccc1N1[CH-]N(c2ccccc2)c2nccnc21. The number of aromatic nitrogens is 4. The van der Waals surface area contributed by atoms with Gasteiger partial charge in [-0.2, -0.15) is 60.7 Å². The molecule has 0 atom stereocenters. The summed E-state index contributed by atoms with van der Waals surface area (Å²) in [6.45, 7) is 3.98. The zero-order valence-electron chi connectivity index (χ0n) is 22.8. The molecule has 2 aliphatic rings. The van der Waals surface area contributed by atoms with Crippen molar-refractivity contribution in [2.45, 2.75) is 0 Å². The number of fused-ring (bicyclic) bond motifs is 2. The minimum atomic E-state index is 0. The topological polar surface area (TPSA) is 64.5 Å². The summed E-state index contributed by atoms with van der Waals surface area (Å²) in [6.07, 6.45) is 6.83. The van der Waals surface area contributed by atoms with E-state index >= 15 is 0 Å². The first-order valence-electron chi connectivity index (χ1n) is 13.4. The van der Waals surface area contributed by atoms with Crippen LogP contribution in [0.3, 0.4) is 0 Å². The van der Waals surface area contributed by atoms with Crippen LogP contribution in [0.2, 0.25) is 0 Å². The first kappa shape index (κ1) is 28.0. The number of rotatable bonds is 4. The van der Waals surface area contributed by atoms with E-state index in [0.29, 0.717) is 0 Å². The molecule has 0 aliphatic carbocycles. The molecule has 0 saturated heterocycles. The van der Waals surface area contributed by atoms with Crippen LogP contribution in [0.15, 0.2) is 134 Å². The van der Waals surface area contributed by atoms with E-state index in [2.05, 4.69) is 32.1 Å². The van der Waals surface area contributed by atoms with Gasteiger partial charge in [-0.05, 0) is 24.3 Å². The summed E-state index contributed by atoms with van der Waals surface area (Å²) in [4.78, 5) is 25.9. The normalized spacial score (nSPS) is 13.0. The van der Waals surface area contributed by atoms with Crippen LogP contribution in [0, 0.1) is 25.5 Å². The molecular formula is C34H24IrN8-4. The Morgan fingerprint density at radius 1 is 0.419 bits per heavy atom. The molecule has 2 aliphatic heterocycles. The van der Waals surface area contributed by atoms with Crippen molar-refractivity contribution in [3.8, 4) is 0 Å².